The fourth-order valence-electron chi connectivity index (χ4n) is 1.99. The molecule has 0 aliphatic carbocycles. The van der Waals surface area contributed by atoms with E-state index in [4.69, 9.17) is 4.74 Å². The maximum Gasteiger partial charge on any atom is 0.190 e. The normalized spacial score (nSPS) is 11.2. The summed E-state index contributed by atoms with van der Waals surface area (Å²) in [5, 5.41) is 6.63. The lowest BCUT2D eigenvalue weighted by Gasteiger charge is -2.13. The third-order valence-electron chi connectivity index (χ3n) is 3.29. The van der Waals surface area contributed by atoms with Crippen molar-refractivity contribution in [2.45, 2.75) is 33.1 Å². The van der Waals surface area contributed by atoms with E-state index in [0.717, 1.165) is 51.5 Å². The van der Waals surface area contributed by atoms with E-state index in [1.165, 1.54) is 5.56 Å². The Bertz CT molecular complexity index is 410. The van der Waals surface area contributed by atoms with E-state index in [-0.39, 0.29) is 24.0 Å². The van der Waals surface area contributed by atoms with Crippen LogP contribution in [0.5, 0.6) is 0 Å². The molecule has 0 saturated carbocycles. The highest BCUT2D eigenvalue weighted by Crippen LogP contribution is 2.00. The Kier molecular flexibility index (Phi) is 14.2. The highest BCUT2D eigenvalue weighted by molar-refractivity contribution is 14.0. The fraction of sp³-hybridized carbons (Fsp3) is 0.611. The second-order valence-electron chi connectivity index (χ2n) is 5.83. The first-order valence-electron chi connectivity index (χ1n) is 8.28. The number of aliphatic imine (C=N–C) groups is 1. The third kappa shape index (κ3) is 12.3. The zero-order chi connectivity index (χ0) is 16.0. The van der Waals surface area contributed by atoms with Crippen LogP contribution in [0.25, 0.3) is 0 Å². The molecular formula is C18H32IN3O. The molecule has 0 atom stereocenters. The molecule has 1 aromatic carbocycles. The smallest absolute Gasteiger partial charge is 0.190 e. The van der Waals surface area contributed by atoms with Crippen LogP contribution in [-0.2, 0) is 11.2 Å². The van der Waals surface area contributed by atoms with Gasteiger partial charge < -0.3 is 15.4 Å². The summed E-state index contributed by atoms with van der Waals surface area (Å²) in [6, 6.07) is 10.5. The summed E-state index contributed by atoms with van der Waals surface area (Å²) in [7, 11) is 1.81. The number of halogens is 1. The molecule has 0 amide bonds. The number of guanidine groups is 1. The van der Waals surface area contributed by atoms with Crippen molar-refractivity contribution < 1.29 is 4.74 Å². The molecule has 0 unspecified atom stereocenters. The molecule has 0 radical (unpaired) electrons. The average Bonchev–Trinajstić information content (AvgIpc) is 2.53. The molecule has 1 rings (SSSR count). The summed E-state index contributed by atoms with van der Waals surface area (Å²) in [5.74, 6) is 1.51. The molecule has 0 bridgehead atoms. The molecular weight excluding hydrogens is 401 g/mol. The molecule has 0 spiro atoms. The second-order valence-corrected chi connectivity index (χ2v) is 5.83. The van der Waals surface area contributed by atoms with E-state index in [9.17, 15) is 0 Å². The van der Waals surface area contributed by atoms with E-state index >= 15 is 0 Å². The number of hydrogen-bond donors (Lipinski definition) is 2. The molecule has 0 aliphatic rings. The van der Waals surface area contributed by atoms with Gasteiger partial charge in [-0.25, -0.2) is 0 Å². The van der Waals surface area contributed by atoms with Gasteiger partial charge in [0.25, 0.3) is 0 Å². The van der Waals surface area contributed by atoms with Gasteiger partial charge in [-0.2, -0.15) is 0 Å². The number of unbranched alkanes of at least 4 members (excludes halogenated alkanes) is 1. The standard InChI is InChI=1S/C18H31N3O.HI/c1-16(2)15-21-18(19-3)20-12-7-8-13-22-14-11-17-9-5-4-6-10-17;/h4-6,9-10,16H,7-8,11-15H2,1-3H3,(H2,19,20,21);1H. The van der Waals surface area contributed by atoms with Crippen molar-refractivity contribution >= 4 is 29.9 Å². The van der Waals surface area contributed by atoms with Gasteiger partial charge in [0.15, 0.2) is 5.96 Å². The average molecular weight is 433 g/mol. The zero-order valence-electron chi connectivity index (χ0n) is 14.7. The minimum atomic E-state index is 0. The quantitative estimate of drug-likeness (QED) is 0.257. The molecule has 0 heterocycles. The molecule has 1 aromatic rings. The number of hydrogen-bond acceptors (Lipinski definition) is 2. The summed E-state index contributed by atoms with van der Waals surface area (Å²) < 4.78 is 5.68. The Morgan fingerprint density at radius 1 is 1.09 bits per heavy atom. The van der Waals surface area contributed by atoms with E-state index in [2.05, 4.69) is 53.7 Å². The fourth-order valence-corrected chi connectivity index (χ4v) is 1.99. The maximum atomic E-state index is 5.68. The van der Waals surface area contributed by atoms with Crippen molar-refractivity contribution in [1.82, 2.24) is 10.6 Å². The van der Waals surface area contributed by atoms with Crippen molar-refractivity contribution in [3.8, 4) is 0 Å². The Balaban J connectivity index is 0.00000484. The van der Waals surface area contributed by atoms with Gasteiger partial charge in [-0.05, 0) is 30.7 Å². The van der Waals surface area contributed by atoms with Crippen LogP contribution in [0.15, 0.2) is 35.3 Å². The number of benzene rings is 1. The van der Waals surface area contributed by atoms with Crippen LogP contribution in [0.3, 0.4) is 0 Å². The lowest BCUT2D eigenvalue weighted by molar-refractivity contribution is 0.133. The second kappa shape index (κ2) is 14.8. The van der Waals surface area contributed by atoms with Crippen LogP contribution in [-0.4, -0.2) is 39.3 Å². The Morgan fingerprint density at radius 2 is 1.83 bits per heavy atom. The minimum Gasteiger partial charge on any atom is -0.381 e. The maximum absolute atomic E-state index is 5.68. The molecule has 23 heavy (non-hydrogen) atoms. The van der Waals surface area contributed by atoms with Gasteiger partial charge in [-0.3, -0.25) is 4.99 Å². The molecule has 4 nitrogen and oxygen atoms in total. The van der Waals surface area contributed by atoms with Crippen LogP contribution in [0.2, 0.25) is 0 Å². The predicted octanol–water partition coefficient (Wildman–Crippen LogP) is 3.46. The zero-order valence-corrected chi connectivity index (χ0v) is 17.0. The summed E-state index contributed by atoms with van der Waals surface area (Å²) in [6.45, 7) is 7.88. The van der Waals surface area contributed by atoms with Crippen molar-refractivity contribution in [1.29, 1.82) is 0 Å². The topological polar surface area (TPSA) is 45.7 Å². The van der Waals surface area contributed by atoms with Crippen LogP contribution in [0.1, 0.15) is 32.3 Å². The molecule has 0 aromatic heterocycles. The van der Waals surface area contributed by atoms with Crippen LogP contribution >= 0.6 is 24.0 Å². The first-order valence-corrected chi connectivity index (χ1v) is 8.28. The van der Waals surface area contributed by atoms with Gasteiger partial charge in [0.1, 0.15) is 0 Å². The van der Waals surface area contributed by atoms with Gasteiger partial charge in [0.05, 0.1) is 6.61 Å². The lowest BCUT2D eigenvalue weighted by Crippen LogP contribution is -2.39. The number of nitrogens with one attached hydrogen (secondary N) is 2. The monoisotopic (exact) mass is 433 g/mol. The Hall–Kier alpha value is -0.820. The molecule has 0 saturated heterocycles. The van der Waals surface area contributed by atoms with E-state index in [1.807, 2.05) is 13.1 Å². The number of rotatable bonds is 10. The molecule has 5 heteroatoms. The largest absolute Gasteiger partial charge is 0.381 e. The first-order chi connectivity index (χ1) is 10.7. The SMILES string of the molecule is CN=C(NCCCCOCCc1ccccc1)NCC(C)C.I. The van der Waals surface area contributed by atoms with Crippen LogP contribution in [0, 0.1) is 5.92 Å². The summed E-state index contributed by atoms with van der Waals surface area (Å²) in [5.41, 5.74) is 1.34. The highest BCUT2D eigenvalue weighted by Gasteiger charge is 1.98. The molecule has 2 N–H and O–H groups in total. The summed E-state index contributed by atoms with van der Waals surface area (Å²) >= 11 is 0. The first kappa shape index (κ1) is 22.2. The van der Waals surface area contributed by atoms with E-state index in [1.54, 1.807) is 0 Å². The van der Waals surface area contributed by atoms with Gasteiger partial charge in [0, 0.05) is 26.7 Å². The Morgan fingerprint density at radius 3 is 2.48 bits per heavy atom. The van der Waals surface area contributed by atoms with E-state index < -0.39 is 0 Å². The van der Waals surface area contributed by atoms with Gasteiger partial charge in [-0.15, -0.1) is 24.0 Å². The molecule has 132 valence electrons. The number of ether oxygens (including phenoxy) is 1. The van der Waals surface area contributed by atoms with Crippen molar-refractivity contribution in [2.75, 3.05) is 33.4 Å². The van der Waals surface area contributed by atoms with Gasteiger partial charge in [-0.1, -0.05) is 44.2 Å². The van der Waals surface area contributed by atoms with Gasteiger partial charge >= 0.3 is 0 Å². The molecule has 0 fully saturated rings. The lowest BCUT2D eigenvalue weighted by atomic mass is 10.2. The summed E-state index contributed by atoms with van der Waals surface area (Å²) in [4.78, 5) is 4.20. The van der Waals surface area contributed by atoms with Crippen LogP contribution in [0.4, 0.5) is 0 Å². The highest BCUT2D eigenvalue weighted by atomic mass is 127. The van der Waals surface area contributed by atoms with Crippen LogP contribution < -0.4 is 10.6 Å². The summed E-state index contributed by atoms with van der Waals surface area (Å²) in [6.07, 6.45) is 3.15. The Labute approximate surface area is 158 Å². The van der Waals surface area contributed by atoms with Gasteiger partial charge in [0.2, 0.25) is 0 Å². The molecule has 0 aliphatic heterocycles. The minimum absolute atomic E-state index is 0. The number of nitrogens with zero attached hydrogens (tertiary/aromatic N) is 1. The van der Waals surface area contributed by atoms with E-state index in [0.29, 0.717) is 5.92 Å². The van der Waals surface area contributed by atoms with Crippen molar-refractivity contribution in [2.24, 2.45) is 10.9 Å². The van der Waals surface area contributed by atoms with Crippen molar-refractivity contribution in [3.63, 3.8) is 0 Å². The van der Waals surface area contributed by atoms with Crippen molar-refractivity contribution in [3.05, 3.63) is 35.9 Å². The third-order valence-corrected chi connectivity index (χ3v) is 3.29. The predicted molar refractivity (Wildman–Crippen MR) is 110 cm³/mol.